The average molecular weight is 334 g/mol. The fraction of sp³-hybridized carbons (Fsp3) is 0.304. The largest absolute Gasteiger partial charge is 0.490 e. The van der Waals surface area contributed by atoms with Crippen LogP contribution in [0.5, 0.6) is 11.5 Å². The average Bonchev–Trinajstić information content (AvgIpc) is 3.16. The summed E-state index contributed by atoms with van der Waals surface area (Å²) in [6.07, 6.45) is 8.44. The lowest BCUT2D eigenvalue weighted by atomic mass is 9.73. The van der Waals surface area contributed by atoms with Crippen LogP contribution >= 0.6 is 0 Å². The van der Waals surface area contributed by atoms with Crippen LogP contribution in [0.2, 0.25) is 0 Å². The van der Waals surface area contributed by atoms with Crippen molar-refractivity contribution in [2.45, 2.75) is 31.1 Å². The molecule has 1 fully saturated rings. The lowest BCUT2D eigenvalue weighted by Gasteiger charge is -2.31. The molecule has 0 bridgehead atoms. The van der Waals surface area contributed by atoms with Gasteiger partial charge in [-0.3, -0.25) is 0 Å². The van der Waals surface area contributed by atoms with Crippen LogP contribution in [0.25, 0.3) is 0 Å². The van der Waals surface area contributed by atoms with E-state index in [-0.39, 0.29) is 5.41 Å². The second-order valence-corrected chi connectivity index (χ2v) is 6.54. The maximum Gasteiger partial charge on any atom is 0.119 e. The van der Waals surface area contributed by atoms with Gasteiger partial charge in [-0.2, -0.15) is 0 Å². The Morgan fingerprint density at radius 3 is 1.48 bits per heavy atom. The van der Waals surface area contributed by atoms with Crippen LogP contribution in [-0.2, 0) is 5.41 Å². The normalized spacial score (nSPS) is 15.5. The van der Waals surface area contributed by atoms with Gasteiger partial charge in [-0.1, -0.05) is 62.4 Å². The summed E-state index contributed by atoms with van der Waals surface area (Å²) in [5.41, 5.74) is 2.85. The van der Waals surface area contributed by atoms with E-state index in [0.717, 1.165) is 11.5 Å². The summed E-state index contributed by atoms with van der Waals surface area (Å²) >= 11 is 0. The van der Waals surface area contributed by atoms with Gasteiger partial charge in [-0.25, -0.2) is 0 Å². The number of rotatable bonds is 8. The number of benzene rings is 2. The molecule has 2 nitrogen and oxygen atoms in total. The summed E-state index contributed by atoms with van der Waals surface area (Å²) in [7, 11) is 0. The quantitative estimate of drug-likeness (QED) is 0.579. The molecule has 0 unspecified atom stereocenters. The SMILES string of the molecule is C=CCOc1ccc(C2(c3ccc(OCC=C)cc3)CCCC2)cc1. The number of hydrogen-bond donors (Lipinski definition) is 0. The van der Waals surface area contributed by atoms with Crippen LogP contribution < -0.4 is 9.47 Å². The first-order chi connectivity index (χ1) is 12.3. The van der Waals surface area contributed by atoms with Crippen molar-refractivity contribution in [3.63, 3.8) is 0 Å². The topological polar surface area (TPSA) is 18.5 Å². The lowest BCUT2D eigenvalue weighted by Crippen LogP contribution is -2.23. The minimum absolute atomic E-state index is 0.105. The van der Waals surface area contributed by atoms with Crippen LogP contribution in [0.1, 0.15) is 36.8 Å². The van der Waals surface area contributed by atoms with E-state index in [1.54, 1.807) is 12.2 Å². The first-order valence-electron chi connectivity index (χ1n) is 8.97. The third kappa shape index (κ3) is 3.79. The molecule has 0 amide bonds. The van der Waals surface area contributed by atoms with Gasteiger partial charge in [-0.15, -0.1) is 0 Å². The van der Waals surface area contributed by atoms with Gasteiger partial charge in [-0.05, 0) is 48.2 Å². The Hall–Kier alpha value is -2.48. The summed E-state index contributed by atoms with van der Waals surface area (Å²) < 4.78 is 11.2. The highest BCUT2D eigenvalue weighted by Crippen LogP contribution is 2.47. The molecule has 2 aromatic rings. The van der Waals surface area contributed by atoms with E-state index < -0.39 is 0 Å². The maximum atomic E-state index is 5.62. The van der Waals surface area contributed by atoms with E-state index in [4.69, 9.17) is 9.47 Å². The summed E-state index contributed by atoms with van der Waals surface area (Å²) in [6.45, 7) is 8.46. The molecule has 1 aliphatic carbocycles. The van der Waals surface area contributed by atoms with Crippen molar-refractivity contribution in [2.75, 3.05) is 13.2 Å². The highest BCUT2D eigenvalue weighted by Gasteiger charge is 2.37. The van der Waals surface area contributed by atoms with E-state index in [1.807, 2.05) is 0 Å². The summed E-state index contributed by atoms with van der Waals surface area (Å²) in [4.78, 5) is 0. The van der Waals surface area contributed by atoms with Gasteiger partial charge in [0.1, 0.15) is 24.7 Å². The molecular weight excluding hydrogens is 308 g/mol. The lowest BCUT2D eigenvalue weighted by molar-refractivity contribution is 0.362. The summed E-state index contributed by atoms with van der Waals surface area (Å²) in [6, 6.07) is 17.1. The van der Waals surface area contributed by atoms with Crippen molar-refractivity contribution in [2.24, 2.45) is 0 Å². The molecule has 0 saturated heterocycles. The molecule has 0 heterocycles. The molecule has 3 rings (SSSR count). The Morgan fingerprint density at radius 1 is 0.720 bits per heavy atom. The number of hydrogen-bond acceptors (Lipinski definition) is 2. The number of ether oxygens (including phenoxy) is 2. The van der Waals surface area contributed by atoms with Crippen molar-refractivity contribution in [1.82, 2.24) is 0 Å². The second-order valence-electron chi connectivity index (χ2n) is 6.54. The minimum atomic E-state index is 0.105. The molecule has 2 heteroatoms. The van der Waals surface area contributed by atoms with Gasteiger partial charge in [0.2, 0.25) is 0 Å². The van der Waals surface area contributed by atoms with Crippen LogP contribution in [0.15, 0.2) is 73.8 Å². The first kappa shape index (κ1) is 17.3. The third-order valence-corrected chi connectivity index (χ3v) is 5.01. The van der Waals surface area contributed by atoms with Crippen molar-refractivity contribution in [1.29, 1.82) is 0 Å². The molecular formula is C23H26O2. The zero-order chi connectivity index (χ0) is 17.5. The molecule has 2 aromatic carbocycles. The molecule has 0 aromatic heterocycles. The molecule has 130 valence electrons. The molecule has 1 saturated carbocycles. The van der Waals surface area contributed by atoms with Crippen molar-refractivity contribution in [3.05, 3.63) is 85.0 Å². The van der Waals surface area contributed by atoms with Crippen molar-refractivity contribution >= 4 is 0 Å². The summed E-state index contributed by atoms with van der Waals surface area (Å²) in [5.74, 6) is 1.79. The fourth-order valence-corrected chi connectivity index (χ4v) is 3.77. The van der Waals surface area contributed by atoms with Gasteiger partial charge in [0.15, 0.2) is 0 Å². The molecule has 0 N–H and O–H groups in total. The van der Waals surface area contributed by atoms with Crippen LogP contribution in [0.3, 0.4) is 0 Å². The molecule has 0 atom stereocenters. The maximum absolute atomic E-state index is 5.62. The fourth-order valence-electron chi connectivity index (χ4n) is 3.77. The zero-order valence-corrected chi connectivity index (χ0v) is 14.7. The monoisotopic (exact) mass is 334 g/mol. The Bertz CT molecular complexity index is 634. The highest BCUT2D eigenvalue weighted by molar-refractivity contribution is 5.44. The van der Waals surface area contributed by atoms with Crippen molar-refractivity contribution in [3.8, 4) is 11.5 Å². The molecule has 25 heavy (non-hydrogen) atoms. The predicted octanol–water partition coefficient (Wildman–Crippen LogP) is 5.68. The summed E-state index contributed by atoms with van der Waals surface area (Å²) in [5, 5.41) is 0. The Balaban J connectivity index is 1.86. The van der Waals surface area contributed by atoms with E-state index in [9.17, 15) is 0 Å². The van der Waals surface area contributed by atoms with E-state index in [1.165, 1.54) is 36.8 Å². The van der Waals surface area contributed by atoms with Gasteiger partial charge >= 0.3 is 0 Å². The highest BCUT2D eigenvalue weighted by atomic mass is 16.5. The van der Waals surface area contributed by atoms with Gasteiger partial charge < -0.3 is 9.47 Å². The molecule has 1 aliphatic rings. The Labute approximate surface area is 150 Å². The first-order valence-corrected chi connectivity index (χ1v) is 8.97. The van der Waals surface area contributed by atoms with Crippen LogP contribution in [0, 0.1) is 0 Å². The van der Waals surface area contributed by atoms with Crippen molar-refractivity contribution < 1.29 is 9.47 Å². The molecule has 0 spiro atoms. The Morgan fingerprint density at radius 2 is 1.12 bits per heavy atom. The van der Waals surface area contributed by atoms with E-state index in [0.29, 0.717) is 13.2 Å². The van der Waals surface area contributed by atoms with Gasteiger partial charge in [0.05, 0.1) is 0 Å². The smallest absolute Gasteiger partial charge is 0.119 e. The van der Waals surface area contributed by atoms with E-state index in [2.05, 4.69) is 61.7 Å². The molecule has 0 radical (unpaired) electrons. The van der Waals surface area contributed by atoms with Gasteiger partial charge in [0.25, 0.3) is 0 Å². The second kappa shape index (κ2) is 8.06. The Kier molecular flexibility index (Phi) is 5.60. The van der Waals surface area contributed by atoms with Crippen LogP contribution in [0.4, 0.5) is 0 Å². The third-order valence-electron chi connectivity index (χ3n) is 5.01. The minimum Gasteiger partial charge on any atom is -0.490 e. The zero-order valence-electron chi connectivity index (χ0n) is 14.7. The standard InChI is InChI=1S/C23H26O2/c1-3-17-24-21-11-7-19(8-12-21)23(15-5-6-16-23)20-9-13-22(14-10-20)25-18-4-2/h3-4,7-14H,1-2,5-6,15-18H2. The van der Waals surface area contributed by atoms with Gasteiger partial charge in [0, 0.05) is 5.41 Å². The predicted molar refractivity (Wildman–Crippen MR) is 104 cm³/mol. The van der Waals surface area contributed by atoms with E-state index >= 15 is 0 Å². The molecule has 0 aliphatic heterocycles. The van der Waals surface area contributed by atoms with Crippen LogP contribution in [-0.4, -0.2) is 13.2 Å².